The van der Waals surface area contributed by atoms with E-state index in [0.717, 1.165) is 23.3 Å². The maximum atomic E-state index is 11.7. The molecular weight excluding hydrogens is 272 g/mol. The Morgan fingerprint density at radius 2 is 2.25 bits per heavy atom. The van der Waals surface area contributed by atoms with Gasteiger partial charge in [0.2, 0.25) is 0 Å². The van der Waals surface area contributed by atoms with Gasteiger partial charge in [0, 0.05) is 29.6 Å². The molecule has 0 aromatic carbocycles. The molecule has 6 heteroatoms. The van der Waals surface area contributed by atoms with Gasteiger partial charge < -0.3 is 15.3 Å². The number of aromatic nitrogens is 3. The smallest absolute Gasteiger partial charge is 0.275 e. The van der Waals surface area contributed by atoms with Crippen LogP contribution in [0.25, 0.3) is 11.0 Å². The van der Waals surface area contributed by atoms with Gasteiger partial charge in [-0.05, 0) is 18.1 Å². The lowest BCUT2D eigenvalue weighted by Crippen LogP contribution is -2.26. The van der Waals surface area contributed by atoms with Crippen LogP contribution in [0.1, 0.15) is 38.3 Å². The molecule has 2 aromatic heterocycles. The van der Waals surface area contributed by atoms with Crippen LogP contribution in [-0.2, 0) is 0 Å². The van der Waals surface area contributed by atoms with Gasteiger partial charge in [-0.2, -0.15) is 11.8 Å². The summed E-state index contributed by atoms with van der Waals surface area (Å²) in [6.07, 6.45) is 5.68. The Labute approximate surface area is 122 Å². The summed E-state index contributed by atoms with van der Waals surface area (Å²) in [6, 6.07) is 0.857. The first-order valence-electron chi connectivity index (χ1n) is 7.07. The largest absolute Gasteiger partial charge is 0.355 e. The van der Waals surface area contributed by atoms with E-state index in [-0.39, 0.29) is 5.56 Å². The first kappa shape index (κ1) is 13.7. The van der Waals surface area contributed by atoms with E-state index in [9.17, 15) is 4.79 Å². The monoisotopic (exact) mass is 292 g/mol. The minimum Gasteiger partial charge on any atom is -0.355 e. The third-order valence-corrected chi connectivity index (χ3v) is 5.01. The highest BCUT2D eigenvalue weighted by Gasteiger charge is 2.27. The number of hydrogen-bond donors (Lipinski definition) is 3. The van der Waals surface area contributed by atoms with Gasteiger partial charge >= 0.3 is 0 Å². The zero-order chi connectivity index (χ0) is 14.1. The number of rotatable bonds is 4. The molecule has 2 atom stereocenters. The van der Waals surface area contributed by atoms with Gasteiger partial charge in [0.15, 0.2) is 0 Å². The van der Waals surface area contributed by atoms with Gasteiger partial charge in [0.05, 0.1) is 6.33 Å². The maximum Gasteiger partial charge on any atom is 0.275 e. The summed E-state index contributed by atoms with van der Waals surface area (Å²) in [5, 5.41) is 4.34. The van der Waals surface area contributed by atoms with Crippen LogP contribution in [0.2, 0.25) is 0 Å². The van der Waals surface area contributed by atoms with Crippen LogP contribution in [0.3, 0.4) is 0 Å². The predicted molar refractivity (Wildman–Crippen MR) is 83.2 cm³/mol. The molecule has 0 bridgehead atoms. The van der Waals surface area contributed by atoms with Gasteiger partial charge in [-0.25, -0.2) is 4.98 Å². The average molecular weight is 292 g/mol. The Morgan fingerprint density at radius 1 is 1.40 bits per heavy atom. The van der Waals surface area contributed by atoms with Crippen molar-refractivity contribution in [2.45, 2.75) is 44.0 Å². The minimum atomic E-state index is -0.105. The second-order valence-electron chi connectivity index (χ2n) is 5.57. The molecule has 0 spiro atoms. The molecule has 2 aromatic rings. The van der Waals surface area contributed by atoms with Crippen molar-refractivity contribution in [3.8, 4) is 0 Å². The molecule has 5 nitrogen and oxygen atoms in total. The summed E-state index contributed by atoms with van der Waals surface area (Å²) in [5.41, 5.74) is 2.38. The topological polar surface area (TPSA) is 73.6 Å². The van der Waals surface area contributed by atoms with Crippen LogP contribution in [0, 0.1) is 0 Å². The van der Waals surface area contributed by atoms with Crippen LogP contribution in [-0.4, -0.2) is 32.0 Å². The minimum absolute atomic E-state index is 0.105. The van der Waals surface area contributed by atoms with Crippen LogP contribution >= 0.6 is 11.8 Å². The molecule has 0 saturated carbocycles. The van der Waals surface area contributed by atoms with Crippen molar-refractivity contribution < 1.29 is 0 Å². The summed E-state index contributed by atoms with van der Waals surface area (Å²) in [4.78, 5) is 21.7. The highest BCUT2D eigenvalue weighted by molar-refractivity contribution is 7.99. The molecule has 1 fully saturated rings. The molecule has 3 heterocycles. The molecule has 3 N–H and O–H groups in total. The first-order valence-corrected chi connectivity index (χ1v) is 8.12. The number of aromatic amines is 2. The summed E-state index contributed by atoms with van der Waals surface area (Å²) in [5.74, 6) is 1.14. The van der Waals surface area contributed by atoms with Crippen molar-refractivity contribution in [2.24, 2.45) is 0 Å². The van der Waals surface area contributed by atoms with Crippen molar-refractivity contribution in [2.75, 3.05) is 5.75 Å². The van der Waals surface area contributed by atoms with Crippen LogP contribution in [0.15, 0.2) is 17.3 Å². The lowest BCUT2D eigenvalue weighted by Gasteiger charge is -2.14. The summed E-state index contributed by atoms with van der Waals surface area (Å²) >= 11 is 1.99. The van der Waals surface area contributed by atoms with E-state index in [2.05, 4.69) is 34.1 Å². The Morgan fingerprint density at radius 3 is 3.05 bits per heavy atom. The molecule has 108 valence electrons. The third-order valence-electron chi connectivity index (χ3n) is 3.75. The standard InChI is InChI=1S/C14H20N4OS/c1-8(2)20-6-9-3-4-11(18-9)10-5-15-13-12(10)16-7-17-14(13)19/h5,7-9,11,15,18H,3-4,6H2,1-2H3,(H,16,17,19)/t9-,11+/m0/s1. The fourth-order valence-corrected chi connectivity index (χ4v) is 3.62. The van der Waals surface area contributed by atoms with Crippen LogP contribution in [0.5, 0.6) is 0 Å². The molecule has 0 unspecified atom stereocenters. The van der Waals surface area contributed by atoms with Crippen molar-refractivity contribution in [3.05, 3.63) is 28.4 Å². The number of hydrogen-bond acceptors (Lipinski definition) is 4. The van der Waals surface area contributed by atoms with Crippen molar-refractivity contribution in [1.82, 2.24) is 20.3 Å². The highest BCUT2D eigenvalue weighted by atomic mass is 32.2. The molecule has 1 aliphatic rings. The SMILES string of the molecule is CC(C)SC[C@@H]1CC[C@H](c2c[nH]c3c(=O)[nH]cnc23)N1. The number of H-pyrrole nitrogens is 2. The van der Waals surface area contributed by atoms with Crippen LogP contribution in [0.4, 0.5) is 0 Å². The predicted octanol–water partition coefficient (Wildman–Crippen LogP) is 2.19. The molecule has 3 rings (SSSR count). The Kier molecular flexibility index (Phi) is 3.85. The Hall–Kier alpha value is -1.27. The van der Waals surface area contributed by atoms with Crippen molar-refractivity contribution in [1.29, 1.82) is 0 Å². The normalized spacial score (nSPS) is 22.9. The molecule has 20 heavy (non-hydrogen) atoms. The number of nitrogens with zero attached hydrogens (tertiary/aromatic N) is 1. The van der Waals surface area contributed by atoms with Gasteiger partial charge in [0.25, 0.3) is 5.56 Å². The summed E-state index contributed by atoms with van der Waals surface area (Å²) < 4.78 is 0. The number of nitrogens with one attached hydrogen (secondary N) is 3. The second-order valence-corrected chi connectivity index (χ2v) is 7.18. The lowest BCUT2D eigenvalue weighted by atomic mass is 10.1. The summed E-state index contributed by atoms with van der Waals surface area (Å²) in [7, 11) is 0. The quantitative estimate of drug-likeness (QED) is 0.807. The van der Waals surface area contributed by atoms with E-state index in [1.54, 1.807) is 0 Å². The van der Waals surface area contributed by atoms with E-state index in [1.807, 2.05) is 18.0 Å². The van der Waals surface area contributed by atoms with Gasteiger partial charge in [-0.3, -0.25) is 4.79 Å². The Bertz CT molecular complexity index is 648. The van der Waals surface area contributed by atoms with E-state index >= 15 is 0 Å². The fourth-order valence-electron chi connectivity index (χ4n) is 2.74. The van der Waals surface area contributed by atoms with Crippen molar-refractivity contribution >= 4 is 22.8 Å². The van der Waals surface area contributed by atoms with Gasteiger partial charge in [0.1, 0.15) is 11.0 Å². The van der Waals surface area contributed by atoms with E-state index in [1.165, 1.54) is 12.7 Å². The molecular formula is C14H20N4OS. The summed E-state index contributed by atoms with van der Waals surface area (Å²) in [6.45, 7) is 4.46. The number of fused-ring (bicyclic) bond motifs is 1. The molecule has 0 amide bonds. The molecule has 1 aliphatic heterocycles. The lowest BCUT2D eigenvalue weighted by molar-refractivity contribution is 0.592. The molecule has 0 radical (unpaired) electrons. The maximum absolute atomic E-state index is 11.7. The first-order chi connectivity index (χ1) is 9.65. The van der Waals surface area contributed by atoms with Crippen LogP contribution < -0.4 is 10.9 Å². The Balaban J connectivity index is 1.76. The molecule has 0 aliphatic carbocycles. The van der Waals surface area contributed by atoms with E-state index in [4.69, 9.17) is 0 Å². The number of thioether (sulfide) groups is 1. The second kappa shape index (κ2) is 5.61. The molecule has 1 saturated heterocycles. The average Bonchev–Trinajstić information content (AvgIpc) is 3.02. The third kappa shape index (κ3) is 2.62. The van der Waals surface area contributed by atoms with Gasteiger partial charge in [-0.15, -0.1) is 0 Å². The highest BCUT2D eigenvalue weighted by Crippen LogP contribution is 2.31. The fraction of sp³-hybridized carbons (Fsp3) is 0.571. The van der Waals surface area contributed by atoms with Crippen molar-refractivity contribution in [3.63, 3.8) is 0 Å². The van der Waals surface area contributed by atoms with E-state index in [0.29, 0.717) is 22.9 Å². The zero-order valence-corrected chi connectivity index (χ0v) is 12.6. The zero-order valence-electron chi connectivity index (χ0n) is 11.8. The van der Waals surface area contributed by atoms with E-state index < -0.39 is 0 Å². The van der Waals surface area contributed by atoms with Gasteiger partial charge in [-0.1, -0.05) is 13.8 Å².